The van der Waals surface area contributed by atoms with E-state index < -0.39 is 42.3 Å². The molecule has 2 aromatic heterocycles. The second-order valence-electron chi connectivity index (χ2n) is 7.08. The molecule has 0 unspecified atom stereocenters. The van der Waals surface area contributed by atoms with Crippen LogP contribution in [0.2, 0.25) is 0 Å². The number of hydrogen-bond acceptors (Lipinski definition) is 9. The van der Waals surface area contributed by atoms with Crippen LogP contribution in [0.3, 0.4) is 0 Å². The molecular weight excluding hydrogens is 411 g/mol. The minimum atomic E-state index is -2.93. The lowest BCUT2D eigenvalue weighted by Crippen LogP contribution is -2.53. The van der Waals surface area contributed by atoms with Gasteiger partial charge in [-0.15, -0.1) is 6.42 Å². The molecule has 0 bridgehead atoms. The number of anilines is 1. The van der Waals surface area contributed by atoms with Crippen molar-refractivity contribution in [3.63, 3.8) is 0 Å². The predicted molar refractivity (Wildman–Crippen MR) is 106 cm³/mol. The van der Waals surface area contributed by atoms with Crippen molar-refractivity contribution in [3.8, 4) is 12.3 Å². The number of ether oxygens (including phenoxy) is 3. The van der Waals surface area contributed by atoms with Gasteiger partial charge < -0.3 is 25.1 Å². The van der Waals surface area contributed by atoms with Crippen LogP contribution in [-0.2, 0) is 23.8 Å². The number of terminal acetylenes is 1. The zero-order chi connectivity index (χ0) is 22.8. The summed E-state index contributed by atoms with van der Waals surface area (Å²) in [5, 5.41) is 11.3. The number of pyridine rings is 1. The average Bonchev–Trinajstić information content (AvgIpc) is 3.27. The first-order valence-electron chi connectivity index (χ1n) is 9.69. The third kappa shape index (κ3) is 3.92. The molecule has 0 saturated carbocycles. The second kappa shape index (κ2) is 8.49. The molecule has 0 radical (unpaired) electrons. The summed E-state index contributed by atoms with van der Waals surface area (Å²) >= 11 is 0. The normalized spacial score (nSPS) is 27.7. The first kappa shape index (κ1) is 22.5. The zero-order valence-corrected chi connectivity index (χ0v) is 17.1. The number of carbonyl (C=O) groups excluding carboxylic acids is 2. The molecule has 0 aliphatic carbocycles. The van der Waals surface area contributed by atoms with Crippen LogP contribution in [0.25, 0.3) is 11.2 Å². The number of rotatable bonds is 7. The predicted octanol–water partition coefficient (Wildman–Crippen LogP) is 1.24. The van der Waals surface area contributed by atoms with Gasteiger partial charge in [0.1, 0.15) is 5.52 Å². The second-order valence-corrected chi connectivity index (χ2v) is 7.08. The Morgan fingerprint density at radius 3 is 2.81 bits per heavy atom. The number of aromatic nitrogens is 3. The Morgan fingerprint density at radius 1 is 1.42 bits per heavy atom. The molecule has 1 fully saturated rings. The number of fused-ring (bicyclic) bond motifs is 1. The summed E-state index contributed by atoms with van der Waals surface area (Å²) in [5.41, 5.74) is 4.14. The molecule has 166 valence electrons. The Morgan fingerprint density at radius 2 is 2.16 bits per heavy atom. The van der Waals surface area contributed by atoms with Crippen LogP contribution in [0.5, 0.6) is 0 Å². The van der Waals surface area contributed by atoms with E-state index in [9.17, 15) is 14.7 Å². The van der Waals surface area contributed by atoms with Crippen molar-refractivity contribution in [3.05, 3.63) is 18.6 Å². The van der Waals surface area contributed by atoms with Crippen LogP contribution >= 0.6 is 0 Å². The van der Waals surface area contributed by atoms with E-state index in [4.69, 9.17) is 26.4 Å². The van der Waals surface area contributed by atoms with Gasteiger partial charge in [0.2, 0.25) is 11.7 Å². The summed E-state index contributed by atoms with van der Waals surface area (Å²) in [6.45, 7) is 2.30. The first-order valence-corrected chi connectivity index (χ1v) is 9.69. The monoisotopic (exact) mass is 434 g/mol. The summed E-state index contributed by atoms with van der Waals surface area (Å²) < 4.78 is 32.7. The van der Waals surface area contributed by atoms with Crippen molar-refractivity contribution < 1.29 is 33.3 Å². The molecule has 1 saturated heterocycles. The van der Waals surface area contributed by atoms with Crippen molar-refractivity contribution in [1.29, 1.82) is 0 Å². The van der Waals surface area contributed by atoms with Crippen molar-refractivity contribution in [2.45, 2.75) is 56.9 Å². The Bertz CT molecular complexity index is 1040. The number of halogens is 1. The lowest BCUT2D eigenvalue weighted by Gasteiger charge is -2.30. The van der Waals surface area contributed by atoms with Gasteiger partial charge in [0.15, 0.2) is 18.5 Å². The number of imidazole rings is 1. The lowest BCUT2D eigenvalue weighted by atomic mass is 9.93. The van der Waals surface area contributed by atoms with E-state index >= 15 is 4.39 Å². The summed E-state index contributed by atoms with van der Waals surface area (Å²) in [6, 6.07) is 1.52. The third-order valence-corrected chi connectivity index (χ3v) is 4.87. The molecule has 10 nitrogen and oxygen atoms in total. The largest absolute Gasteiger partial charge is 0.459 e. The van der Waals surface area contributed by atoms with Crippen molar-refractivity contribution in [2.75, 3.05) is 12.3 Å². The molecule has 4 atom stereocenters. The standard InChI is InChI=1S/C20H23FN4O6/c1-4-7-14(27)30-17-19(28,6-3)18(31-20(17,21)10-29-13(26)5-2)25-11-24-15-12(22)8-9-23-16(15)25/h3,8-9,11,17-18,28H,4-5,7,10H2,1-2H3,(H2,22,23)/t17-,18+,19+,20+/m0/s1. The Balaban J connectivity index is 2.07. The van der Waals surface area contributed by atoms with Gasteiger partial charge in [-0.2, -0.15) is 0 Å². The van der Waals surface area contributed by atoms with Gasteiger partial charge >= 0.3 is 11.9 Å². The molecular formula is C20H23FN4O6. The fraction of sp³-hybridized carbons (Fsp3) is 0.500. The first-order chi connectivity index (χ1) is 14.7. The minimum absolute atomic E-state index is 0.0193. The van der Waals surface area contributed by atoms with Gasteiger partial charge in [-0.05, 0) is 12.5 Å². The highest BCUT2D eigenvalue weighted by molar-refractivity contribution is 5.83. The van der Waals surface area contributed by atoms with E-state index in [0.29, 0.717) is 12.1 Å². The fourth-order valence-electron chi connectivity index (χ4n) is 3.30. The van der Waals surface area contributed by atoms with Crippen molar-refractivity contribution in [1.82, 2.24) is 14.5 Å². The van der Waals surface area contributed by atoms with Crippen LogP contribution in [0.15, 0.2) is 18.6 Å². The molecule has 31 heavy (non-hydrogen) atoms. The molecule has 0 aromatic carbocycles. The quantitative estimate of drug-likeness (QED) is 0.487. The van der Waals surface area contributed by atoms with Crippen LogP contribution in [0.1, 0.15) is 39.3 Å². The number of aliphatic hydroxyl groups is 1. The van der Waals surface area contributed by atoms with Gasteiger partial charge in [0.25, 0.3) is 5.85 Å². The number of hydrogen-bond donors (Lipinski definition) is 2. The highest BCUT2D eigenvalue weighted by atomic mass is 19.2. The maximum Gasteiger partial charge on any atom is 0.306 e. The van der Waals surface area contributed by atoms with Crippen LogP contribution in [0.4, 0.5) is 10.1 Å². The van der Waals surface area contributed by atoms with Gasteiger partial charge in [-0.3, -0.25) is 14.2 Å². The zero-order valence-electron chi connectivity index (χ0n) is 17.1. The van der Waals surface area contributed by atoms with E-state index in [2.05, 4.69) is 15.9 Å². The molecule has 1 aliphatic rings. The summed E-state index contributed by atoms with van der Waals surface area (Å²) in [4.78, 5) is 32.0. The highest BCUT2D eigenvalue weighted by Gasteiger charge is 2.68. The number of nitrogens with zero attached hydrogens (tertiary/aromatic N) is 3. The van der Waals surface area contributed by atoms with E-state index in [1.54, 1.807) is 6.92 Å². The van der Waals surface area contributed by atoms with Gasteiger partial charge in [0, 0.05) is 19.0 Å². The molecule has 2 aromatic rings. The molecule has 1 aliphatic heterocycles. The average molecular weight is 434 g/mol. The van der Waals surface area contributed by atoms with Gasteiger partial charge in [-0.1, -0.05) is 19.8 Å². The molecule has 11 heteroatoms. The molecule has 0 spiro atoms. The molecule has 3 rings (SSSR count). The molecule has 0 amide bonds. The van der Waals surface area contributed by atoms with E-state index in [1.165, 1.54) is 30.1 Å². The smallest absolute Gasteiger partial charge is 0.306 e. The van der Waals surface area contributed by atoms with Crippen LogP contribution in [0, 0.1) is 12.3 Å². The number of nitrogen functional groups attached to an aromatic ring is 1. The Hall–Kier alpha value is -3.23. The third-order valence-electron chi connectivity index (χ3n) is 4.87. The SMILES string of the molecule is C#C[C@]1(O)[C@H](n2cnc3c(N)ccnc32)O[C@](F)(COC(=O)CC)[C@H]1OC(=O)CCC. The lowest BCUT2D eigenvalue weighted by molar-refractivity contribution is -0.224. The number of nitrogens with two attached hydrogens (primary N) is 1. The Labute approximate surface area is 177 Å². The summed E-state index contributed by atoms with van der Waals surface area (Å²) in [6.07, 6.45) is 4.93. The minimum Gasteiger partial charge on any atom is -0.459 e. The number of carbonyl (C=O) groups is 2. The molecule has 3 heterocycles. The molecule has 3 N–H and O–H groups in total. The topological polar surface area (TPSA) is 139 Å². The van der Waals surface area contributed by atoms with Gasteiger partial charge in [0.05, 0.1) is 12.0 Å². The van der Waals surface area contributed by atoms with E-state index in [0.717, 1.165) is 0 Å². The highest BCUT2D eigenvalue weighted by Crippen LogP contribution is 2.48. The van der Waals surface area contributed by atoms with Crippen LogP contribution < -0.4 is 5.73 Å². The van der Waals surface area contributed by atoms with E-state index in [1.807, 2.05) is 0 Å². The van der Waals surface area contributed by atoms with E-state index in [-0.39, 0.29) is 24.0 Å². The Kier molecular flexibility index (Phi) is 6.15. The summed E-state index contributed by atoms with van der Waals surface area (Å²) in [7, 11) is 0. The number of alkyl halides is 1. The fourth-order valence-corrected chi connectivity index (χ4v) is 3.30. The van der Waals surface area contributed by atoms with Crippen molar-refractivity contribution in [2.24, 2.45) is 0 Å². The van der Waals surface area contributed by atoms with Gasteiger partial charge in [-0.25, -0.2) is 14.4 Å². The number of esters is 2. The summed E-state index contributed by atoms with van der Waals surface area (Å²) in [5.74, 6) is -2.37. The maximum absolute atomic E-state index is 16.0. The van der Waals surface area contributed by atoms with Crippen LogP contribution in [-0.4, -0.2) is 55.7 Å². The maximum atomic E-state index is 16.0. The van der Waals surface area contributed by atoms with Crippen molar-refractivity contribution >= 4 is 28.8 Å².